The zero-order valence-corrected chi connectivity index (χ0v) is 11.8. The van der Waals surface area contributed by atoms with Crippen LogP contribution in [0.15, 0.2) is 12.1 Å². The summed E-state index contributed by atoms with van der Waals surface area (Å²) in [4.78, 5) is 15.8. The summed E-state index contributed by atoms with van der Waals surface area (Å²) in [5, 5.41) is 11.0. The maximum atomic E-state index is 11.9. The number of halogens is 2. The Morgan fingerprint density at radius 3 is 2.74 bits per heavy atom. The highest BCUT2D eigenvalue weighted by Gasteiger charge is 2.14. The van der Waals surface area contributed by atoms with Gasteiger partial charge in [-0.2, -0.15) is 0 Å². The van der Waals surface area contributed by atoms with Crippen molar-refractivity contribution in [1.29, 1.82) is 0 Å². The van der Waals surface area contributed by atoms with E-state index in [-0.39, 0.29) is 22.4 Å². The van der Waals surface area contributed by atoms with E-state index in [1.54, 1.807) is 4.57 Å². The van der Waals surface area contributed by atoms with Gasteiger partial charge in [0.1, 0.15) is 16.7 Å². The Morgan fingerprint density at radius 1 is 1.37 bits per heavy atom. The number of hydrogen-bond acceptors (Lipinski definition) is 4. The Bertz CT molecular complexity index is 626. The molecule has 100 valence electrons. The first-order valence-electron chi connectivity index (χ1n) is 5.44. The van der Waals surface area contributed by atoms with Crippen molar-refractivity contribution in [3.05, 3.63) is 39.7 Å². The Balaban J connectivity index is 2.09. The van der Waals surface area contributed by atoms with Crippen molar-refractivity contribution in [2.75, 3.05) is 0 Å². The molecule has 0 atom stereocenters. The molecule has 19 heavy (non-hydrogen) atoms. The van der Waals surface area contributed by atoms with Gasteiger partial charge in [0.2, 0.25) is 0 Å². The summed E-state index contributed by atoms with van der Waals surface area (Å²) in [6.45, 7) is 2.06. The molecule has 0 unspecified atom stereocenters. The first-order chi connectivity index (χ1) is 8.99. The third kappa shape index (κ3) is 3.02. The molecule has 0 aliphatic heterocycles. The average molecular weight is 300 g/mol. The van der Waals surface area contributed by atoms with Crippen LogP contribution < -0.4 is 5.32 Å². The summed E-state index contributed by atoms with van der Waals surface area (Å²) >= 11 is 11.6. The molecular formula is C11H11Cl2N5O. The SMILES string of the molecule is Cc1nnc(CNC(=O)c2nc(Cl)ccc2Cl)n1C. The van der Waals surface area contributed by atoms with Crippen LogP contribution in [-0.2, 0) is 13.6 Å². The third-order valence-corrected chi connectivity index (χ3v) is 3.13. The minimum Gasteiger partial charge on any atom is -0.343 e. The van der Waals surface area contributed by atoms with Crippen LogP contribution in [0.2, 0.25) is 10.2 Å². The maximum Gasteiger partial charge on any atom is 0.271 e. The predicted octanol–water partition coefficient (Wildman–Crippen LogP) is 1.76. The van der Waals surface area contributed by atoms with E-state index in [9.17, 15) is 4.79 Å². The summed E-state index contributed by atoms with van der Waals surface area (Å²) in [6.07, 6.45) is 0. The largest absolute Gasteiger partial charge is 0.343 e. The predicted molar refractivity (Wildman–Crippen MR) is 71.2 cm³/mol. The number of aryl methyl sites for hydroxylation is 1. The molecular weight excluding hydrogens is 289 g/mol. The van der Waals surface area contributed by atoms with Crippen molar-refractivity contribution < 1.29 is 4.79 Å². The van der Waals surface area contributed by atoms with E-state index in [0.717, 1.165) is 5.82 Å². The topological polar surface area (TPSA) is 72.7 Å². The van der Waals surface area contributed by atoms with Gasteiger partial charge in [0.15, 0.2) is 5.82 Å². The molecule has 1 N–H and O–H groups in total. The van der Waals surface area contributed by atoms with E-state index in [4.69, 9.17) is 23.2 Å². The van der Waals surface area contributed by atoms with Gasteiger partial charge in [-0.3, -0.25) is 4.79 Å². The average Bonchev–Trinajstić information content (AvgIpc) is 2.70. The van der Waals surface area contributed by atoms with Crippen molar-refractivity contribution in [2.24, 2.45) is 7.05 Å². The Kier molecular flexibility index (Phi) is 4.01. The number of nitrogens with zero attached hydrogens (tertiary/aromatic N) is 4. The van der Waals surface area contributed by atoms with Crippen molar-refractivity contribution in [2.45, 2.75) is 13.5 Å². The zero-order chi connectivity index (χ0) is 14.0. The number of rotatable bonds is 3. The third-order valence-electron chi connectivity index (χ3n) is 2.62. The molecule has 0 radical (unpaired) electrons. The number of aromatic nitrogens is 4. The van der Waals surface area contributed by atoms with E-state index in [0.29, 0.717) is 5.82 Å². The van der Waals surface area contributed by atoms with Crippen molar-refractivity contribution in [1.82, 2.24) is 25.1 Å². The summed E-state index contributed by atoms with van der Waals surface area (Å²) in [5.41, 5.74) is 0.0908. The van der Waals surface area contributed by atoms with Gasteiger partial charge in [0, 0.05) is 7.05 Å². The van der Waals surface area contributed by atoms with Crippen LogP contribution in [0, 0.1) is 6.92 Å². The Hall–Kier alpha value is -1.66. The molecule has 0 aliphatic carbocycles. The normalized spacial score (nSPS) is 10.5. The second kappa shape index (κ2) is 5.54. The van der Waals surface area contributed by atoms with Gasteiger partial charge in [0.25, 0.3) is 5.91 Å². The highest BCUT2D eigenvalue weighted by atomic mass is 35.5. The van der Waals surface area contributed by atoms with Crippen molar-refractivity contribution in [3.63, 3.8) is 0 Å². The monoisotopic (exact) mass is 299 g/mol. The van der Waals surface area contributed by atoms with E-state index in [1.165, 1.54) is 12.1 Å². The second-order valence-corrected chi connectivity index (χ2v) is 4.66. The van der Waals surface area contributed by atoms with Gasteiger partial charge < -0.3 is 9.88 Å². The van der Waals surface area contributed by atoms with E-state index >= 15 is 0 Å². The van der Waals surface area contributed by atoms with E-state index in [1.807, 2.05) is 14.0 Å². The standard InChI is InChI=1S/C11H11Cl2N5O/c1-6-16-17-9(18(6)2)5-14-11(19)10-7(12)3-4-8(13)15-10/h3-4H,5H2,1-2H3,(H,14,19). The van der Waals surface area contributed by atoms with Gasteiger partial charge >= 0.3 is 0 Å². The molecule has 0 aliphatic rings. The second-order valence-electron chi connectivity index (χ2n) is 3.87. The van der Waals surface area contributed by atoms with Gasteiger partial charge in [-0.25, -0.2) is 4.98 Å². The number of hydrogen-bond donors (Lipinski definition) is 1. The highest BCUT2D eigenvalue weighted by Crippen LogP contribution is 2.16. The fraction of sp³-hybridized carbons (Fsp3) is 0.273. The molecule has 2 rings (SSSR count). The first-order valence-corrected chi connectivity index (χ1v) is 6.19. The molecule has 1 amide bonds. The lowest BCUT2D eigenvalue weighted by Crippen LogP contribution is -2.25. The molecule has 2 aromatic rings. The van der Waals surface area contributed by atoms with Crippen LogP contribution in [0.4, 0.5) is 0 Å². The van der Waals surface area contributed by atoms with Crippen LogP contribution in [-0.4, -0.2) is 25.7 Å². The van der Waals surface area contributed by atoms with Crippen LogP contribution in [0.3, 0.4) is 0 Å². The lowest BCUT2D eigenvalue weighted by molar-refractivity contribution is 0.0944. The van der Waals surface area contributed by atoms with Crippen LogP contribution >= 0.6 is 23.2 Å². The van der Waals surface area contributed by atoms with E-state index < -0.39 is 5.91 Å². The molecule has 0 spiro atoms. The van der Waals surface area contributed by atoms with Gasteiger partial charge in [0.05, 0.1) is 11.6 Å². The molecule has 2 heterocycles. The minimum absolute atomic E-state index is 0.0908. The van der Waals surface area contributed by atoms with Crippen molar-refractivity contribution in [3.8, 4) is 0 Å². The van der Waals surface area contributed by atoms with Crippen LogP contribution in [0.25, 0.3) is 0 Å². The molecule has 8 heteroatoms. The number of nitrogens with one attached hydrogen (secondary N) is 1. The summed E-state index contributed by atoms with van der Waals surface area (Å²) < 4.78 is 1.79. The van der Waals surface area contributed by atoms with Gasteiger partial charge in [-0.1, -0.05) is 23.2 Å². The molecule has 0 saturated heterocycles. The molecule has 0 bridgehead atoms. The van der Waals surface area contributed by atoms with Gasteiger partial charge in [-0.05, 0) is 19.1 Å². The smallest absolute Gasteiger partial charge is 0.271 e. The quantitative estimate of drug-likeness (QED) is 0.877. The Labute approximate surface area is 119 Å². The fourth-order valence-electron chi connectivity index (χ4n) is 1.43. The van der Waals surface area contributed by atoms with E-state index in [2.05, 4.69) is 20.5 Å². The Morgan fingerprint density at radius 2 is 2.11 bits per heavy atom. The summed E-state index contributed by atoms with van der Waals surface area (Å²) in [7, 11) is 1.82. The molecule has 2 aromatic heterocycles. The maximum absolute atomic E-state index is 11.9. The molecule has 6 nitrogen and oxygen atoms in total. The van der Waals surface area contributed by atoms with Crippen LogP contribution in [0.1, 0.15) is 22.1 Å². The summed E-state index contributed by atoms with van der Waals surface area (Å²) in [5.74, 6) is 1.00. The lowest BCUT2D eigenvalue weighted by Gasteiger charge is -2.06. The fourth-order valence-corrected chi connectivity index (χ4v) is 1.76. The van der Waals surface area contributed by atoms with Crippen LogP contribution in [0.5, 0.6) is 0 Å². The van der Waals surface area contributed by atoms with Crippen molar-refractivity contribution >= 4 is 29.1 Å². The minimum atomic E-state index is -0.409. The van der Waals surface area contributed by atoms with Gasteiger partial charge in [-0.15, -0.1) is 10.2 Å². The molecule has 0 aromatic carbocycles. The number of pyridine rings is 1. The first kappa shape index (κ1) is 13.8. The zero-order valence-electron chi connectivity index (χ0n) is 10.3. The highest BCUT2D eigenvalue weighted by molar-refractivity contribution is 6.34. The number of amides is 1. The lowest BCUT2D eigenvalue weighted by atomic mass is 10.3. The molecule has 0 saturated carbocycles. The summed E-state index contributed by atoms with van der Waals surface area (Å²) in [6, 6.07) is 3.05. The number of carbonyl (C=O) groups excluding carboxylic acids is 1. The number of carbonyl (C=O) groups is 1. The molecule has 0 fully saturated rings.